The van der Waals surface area contributed by atoms with E-state index in [0.717, 1.165) is 18.7 Å². The van der Waals surface area contributed by atoms with E-state index in [0.29, 0.717) is 11.0 Å². The average molecular weight is 337 g/mol. The predicted octanol–water partition coefficient (Wildman–Crippen LogP) is 2.81. The number of hydrogen-bond acceptors (Lipinski definition) is 3. The van der Waals surface area contributed by atoms with Gasteiger partial charge in [0.15, 0.2) is 5.11 Å². The summed E-state index contributed by atoms with van der Waals surface area (Å²) in [6.45, 7) is 5.41. The van der Waals surface area contributed by atoms with Crippen LogP contribution in [-0.4, -0.2) is 24.1 Å². The molecule has 0 saturated carbocycles. The molecule has 4 N–H and O–H groups in total. The highest BCUT2D eigenvalue weighted by atomic mass is 32.1. The molecule has 0 radical (unpaired) electrons. The van der Waals surface area contributed by atoms with Crippen LogP contribution in [0.25, 0.3) is 0 Å². The van der Waals surface area contributed by atoms with Crippen LogP contribution in [0.5, 0.6) is 0 Å². The van der Waals surface area contributed by atoms with Gasteiger partial charge >= 0.3 is 0 Å². The zero-order valence-corrected chi connectivity index (χ0v) is 14.8. The monoisotopic (exact) mass is 336 g/mol. The van der Waals surface area contributed by atoms with E-state index in [2.05, 4.69) is 35.3 Å². The van der Waals surface area contributed by atoms with Gasteiger partial charge in [-0.1, -0.05) is 51.3 Å². The Morgan fingerprint density at radius 1 is 1.17 bits per heavy atom. The molecule has 1 amide bonds. The Labute approximate surface area is 144 Å². The maximum atomic E-state index is 11.7. The summed E-state index contributed by atoms with van der Waals surface area (Å²) in [5.41, 5.74) is 6.22. The maximum absolute atomic E-state index is 11.7. The standard InChI is InChI=1S/C17H28N4OS/c1-3-5-9-14(4-2)12-19-17(23)21-20-16(22)13-18-15-10-7-6-8-11-15/h6-8,10-11,14,18H,3-5,9,12-13H2,1-2H3,(H,20,22)(H2,19,21,23)/t14-/m0/s1. The van der Waals surface area contributed by atoms with Crippen molar-refractivity contribution in [2.24, 2.45) is 5.92 Å². The number of nitrogens with one attached hydrogen (secondary N) is 4. The first kappa shape index (κ1) is 19.2. The maximum Gasteiger partial charge on any atom is 0.257 e. The van der Waals surface area contributed by atoms with Gasteiger partial charge in [0, 0.05) is 12.2 Å². The van der Waals surface area contributed by atoms with Gasteiger partial charge in [0.05, 0.1) is 6.54 Å². The van der Waals surface area contributed by atoms with E-state index < -0.39 is 0 Å². The predicted molar refractivity (Wildman–Crippen MR) is 100 cm³/mol. The first-order chi connectivity index (χ1) is 11.2. The number of amides is 1. The van der Waals surface area contributed by atoms with Gasteiger partial charge in [0.25, 0.3) is 5.91 Å². The van der Waals surface area contributed by atoms with E-state index >= 15 is 0 Å². The van der Waals surface area contributed by atoms with Crippen molar-refractivity contribution >= 4 is 28.9 Å². The molecule has 0 heterocycles. The molecule has 1 aromatic carbocycles. The summed E-state index contributed by atoms with van der Waals surface area (Å²) >= 11 is 5.17. The molecular weight excluding hydrogens is 308 g/mol. The van der Waals surface area contributed by atoms with Crippen LogP contribution in [0.2, 0.25) is 0 Å². The number of hydrazine groups is 1. The van der Waals surface area contributed by atoms with E-state index in [1.807, 2.05) is 30.3 Å². The van der Waals surface area contributed by atoms with Crippen molar-refractivity contribution in [3.63, 3.8) is 0 Å². The van der Waals surface area contributed by atoms with E-state index in [9.17, 15) is 4.79 Å². The zero-order chi connectivity index (χ0) is 16.9. The first-order valence-corrected chi connectivity index (χ1v) is 8.68. The van der Waals surface area contributed by atoms with Crippen molar-refractivity contribution in [2.45, 2.75) is 39.5 Å². The second-order valence-corrected chi connectivity index (χ2v) is 5.93. The molecule has 6 heteroatoms. The number of para-hydroxylation sites is 1. The average Bonchev–Trinajstić information content (AvgIpc) is 2.59. The van der Waals surface area contributed by atoms with Gasteiger partial charge in [-0.2, -0.15) is 0 Å². The van der Waals surface area contributed by atoms with E-state index in [1.54, 1.807) is 0 Å². The lowest BCUT2D eigenvalue weighted by Crippen LogP contribution is -2.49. The third-order valence-corrected chi connectivity index (χ3v) is 3.88. The van der Waals surface area contributed by atoms with Crippen LogP contribution in [0.15, 0.2) is 30.3 Å². The highest BCUT2D eigenvalue weighted by molar-refractivity contribution is 7.80. The molecule has 128 valence electrons. The molecule has 0 saturated heterocycles. The molecule has 23 heavy (non-hydrogen) atoms. The molecular formula is C17H28N4OS. The topological polar surface area (TPSA) is 65.2 Å². The van der Waals surface area contributed by atoms with Crippen LogP contribution >= 0.6 is 12.2 Å². The van der Waals surface area contributed by atoms with Crippen LogP contribution in [0.1, 0.15) is 39.5 Å². The molecule has 0 aliphatic carbocycles. The lowest BCUT2D eigenvalue weighted by molar-refractivity contribution is -0.119. The minimum atomic E-state index is -0.170. The van der Waals surface area contributed by atoms with Crippen LogP contribution in [-0.2, 0) is 4.79 Å². The fourth-order valence-corrected chi connectivity index (χ4v) is 2.27. The molecule has 0 spiro atoms. The van der Waals surface area contributed by atoms with E-state index in [4.69, 9.17) is 12.2 Å². The third-order valence-electron chi connectivity index (χ3n) is 3.64. The summed E-state index contributed by atoms with van der Waals surface area (Å²) in [5, 5.41) is 6.64. The Kier molecular flexibility index (Phi) is 9.79. The fourth-order valence-electron chi connectivity index (χ4n) is 2.13. The highest BCUT2D eigenvalue weighted by Gasteiger charge is 2.07. The number of hydrogen-bond donors (Lipinski definition) is 4. The van der Waals surface area contributed by atoms with E-state index in [-0.39, 0.29) is 12.5 Å². The lowest BCUT2D eigenvalue weighted by atomic mass is 9.99. The Bertz CT molecular complexity index is 467. The van der Waals surface area contributed by atoms with Crippen molar-refractivity contribution < 1.29 is 4.79 Å². The van der Waals surface area contributed by atoms with Gasteiger partial charge in [0.2, 0.25) is 0 Å². The van der Waals surface area contributed by atoms with Crippen LogP contribution in [0, 0.1) is 5.92 Å². The summed E-state index contributed by atoms with van der Waals surface area (Å²) in [6, 6.07) is 9.59. The molecule has 0 fully saturated rings. The van der Waals surface area contributed by atoms with Gasteiger partial charge < -0.3 is 10.6 Å². The van der Waals surface area contributed by atoms with Crippen molar-refractivity contribution in [3.8, 4) is 0 Å². The van der Waals surface area contributed by atoms with Gasteiger partial charge in [-0.15, -0.1) is 0 Å². The third kappa shape index (κ3) is 9.03. The van der Waals surface area contributed by atoms with Gasteiger partial charge in [0.1, 0.15) is 0 Å². The van der Waals surface area contributed by atoms with Gasteiger partial charge in [-0.05, 0) is 36.7 Å². The molecule has 0 bridgehead atoms. The number of carbonyl (C=O) groups excluding carboxylic acids is 1. The SMILES string of the molecule is CCCC[C@H](CC)CNC(=S)NNC(=O)CNc1ccccc1. The smallest absolute Gasteiger partial charge is 0.257 e. The molecule has 0 unspecified atom stereocenters. The first-order valence-electron chi connectivity index (χ1n) is 8.27. The molecule has 1 aromatic rings. The number of rotatable bonds is 9. The highest BCUT2D eigenvalue weighted by Crippen LogP contribution is 2.10. The second kappa shape index (κ2) is 11.7. The number of benzene rings is 1. The molecule has 5 nitrogen and oxygen atoms in total. The number of unbranched alkanes of at least 4 members (excludes halogenated alkanes) is 1. The van der Waals surface area contributed by atoms with Crippen LogP contribution < -0.4 is 21.5 Å². The number of anilines is 1. The molecule has 1 rings (SSSR count). The second-order valence-electron chi connectivity index (χ2n) is 5.52. The van der Waals surface area contributed by atoms with Crippen molar-refractivity contribution in [3.05, 3.63) is 30.3 Å². The Balaban J connectivity index is 2.15. The number of carbonyl (C=O) groups is 1. The van der Waals surface area contributed by atoms with Crippen molar-refractivity contribution in [1.82, 2.24) is 16.2 Å². The minimum absolute atomic E-state index is 0.170. The van der Waals surface area contributed by atoms with Crippen molar-refractivity contribution in [2.75, 3.05) is 18.4 Å². The zero-order valence-electron chi connectivity index (χ0n) is 14.0. The Morgan fingerprint density at radius 2 is 1.91 bits per heavy atom. The molecule has 0 aliphatic heterocycles. The summed E-state index contributed by atoms with van der Waals surface area (Å²) in [5.74, 6) is 0.446. The van der Waals surface area contributed by atoms with E-state index in [1.165, 1.54) is 19.3 Å². The number of thiocarbonyl (C=S) groups is 1. The summed E-state index contributed by atoms with van der Waals surface area (Å²) in [4.78, 5) is 11.7. The van der Waals surface area contributed by atoms with Crippen LogP contribution in [0.3, 0.4) is 0 Å². The lowest BCUT2D eigenvalue weighted by Gasteiger charge is -2.17. The largest absolute Gasteiger partial charge is 0.376 e. The Morgan fingerprint density at radius 3 is 2.57 bits per heavy atom. The minimum Gasteiger partial charge on any atom is -0.376 e. The quantitative estimate of drug-likeness (QED) is 0.412. The van der Waals surface area contributed by atoms with Crippen LogP contribution in [0.4, 0.5) is 5.69 Å². The molecule has 0 aromatic heterocycles. The summed E-state index contributed by atoms with van der Waals surface area (Å²) in [7, 11) is 0. The summed E-state index contributed by atoms with van der Waals surface area (Å²) in [6.07, 6.45) is 4.78. The molecule has 0 aliphatic rings. The van der Waals surface area contributed by atoms with Gasteiger partial charge in [-0.25, -0.2) is 0 Å². The fraction of sp³-hybridized carbons (Fsp3) is 0.529. The van der Waals surface area contributed by atoms with Gasteiger partial charge in [-0.3, -0.25) is 15.6 Å². The Hall–Kier alpha value is -1.82. The summed E-state index contributed by atoms with van der Waals surface area (Å²) < 4.78 is 0. The van der Waals surface area contributed by atoms with Crippen molar-refractivity contribution in [1.29, 1.82) is 0 Å². The normalized spacial score (nSPS) is 11.4. The molecule has 1 atom stereocenters.